The molecular formula is C15H26ClN3O3S. The number of carbonyl (C=O) groups is 2. The van der Waals surface area contributed by atoms with Crippen LogP contribution in [-0.4, -0.2) is 51.2 Å². The van der Waals surface area contributed by atoms with E-state index in [2.05, 4.69) is 16.0 Å². The second-order valence-electron chi connectivity index (χ2n) is 5.21. The van der Waals surface area contributed by atoms with Gasteiger partial charge in [0.2, 0.25) is 5.91 Å². The molecule has 1 heterocycles. The molecule has 1 aromatic heterocycles. The van der Waals surface area contributed by atoms with Gasteiger partial charge in [0.05, 0.1) is 11.5 Å². The smallest absolute Gasteiger partial charge is 0.262 e. The maximum absolute atomic E-state index is 12.2. The van der Waals surface area contributed by atoms with Gasteiger partial charge in [-0.2, -0.15) is 0 Å². The zero-order chi connectivity index (χ0) is 16.4. The summed E-state index contributed by atoms with van der Waals surface area (Å²) in [5, 5.41) is 10.6. The quantitative estimate of drug-likeness (QED) is 0.547. The summed E-state index contributed by atoms with van der Waals surface area (Å²) in [5.41, 5.74) is 0. The van der Waals surface area contributed by atoms with Crippen LogP contribution in [0.15, 0.2) is 17.5 Å². The SMILES string of the molecule is COCCNCCNC(=O)C(NC(=O)c1cccs1)C(C)C.Cl. The fourth-order valence-electron chi connectivity index (χ4n) is 1.84. The van der Waals surface area contributed by atoms with Crippen LogP contribution >= 0.6 is 23.7 Å². The van der Waals surface area contributed by atoms with Gasteiger partial charge in [0.25, 0.3) is 5.91 Å². The van der Waals surface area contributed by atoms with Crippen LogP contribution < -0.4 is 16.0 Å². The predicted molar refractivity (Wildman–Crippen MR) is 95.4 cm³/mol. The lowest BCUT2D eigenvalue weighted by atomic mass is 10.0. The molecule has 0 aromatic carbocycles. The molecule has 0 aliphatic carbocycles. The van der Waals surface area contributed by atoms with Crippen LogP contribution in [0.4, 0.5) is 0 Å². The lowest BCUT2D eigenvalue weighted by molar-refractivity contribution is -0.123. The van der Waals surface area contributed by atoms with E-state index in [0.29, 0.717) is 24.6 Å². The Morgan fingerprint density at radius 1 is 1.26 bits per heavy atom. The Bertz CT molecular complexity index is 455. The van der Waals surface area contributed by atoms with E-state index in [9.17, 15) is 9.59 Å². The molecule has 0 aliphatic rings. The number of hydrogen-bond donors (Lipinski definition) is 3. The van der Waals surface area contributed by atoms with Gasteiger partial charge < -0.3 is 20.7 Å². The molecule has 0 bridgehead atoms. The van der Waals surface area contributed by atoms with Crippen molar-refractivity contribution in [3.05, 3.63) is 22.4 Å². The summed E-state index contributed by atoms with van der Waals surface area (Å²) >= 11 is 1.36. The van der Waals surface area contributed by atoms with Gasteiger partial charge >= 0.3 is 0 Å². The third-order valence-electron chi connectivity index (χ3n) is 3.06. The third kappa shape index (κ3) is 8.31. The van der Waals surface area contributed by atoms with E-state index in [1.54, 1.807) is 13.2 Å². The van der Waals surface area contributed by atoms with E-state index in [1.165, 1.54) is 11.3 Å². The third-order valence-corrected chi connectivity index (χ3v) is 3.93. The fraction of sp³-hybridized carbons (Fsp3) is 0.600. The zero-order valence-electron chi connectivity index (χ0n) is 13.8. The summed E-state index contributed by atoms with van der Waals surface area (Å²) in [4.78, 5) is 24.9. The Balaban J connectivity index is 0.00000484. The van der Waals surface area contributed by atoms with Crippen molar-refractivity contribution < 1.29 is 14.3 Å². The summed E-state index contributed by atoms with van der Waals surface area (Å²) < 4.78 is 4.92. The van der Waals surface area contributed by atoms with Crippen LogP contribution in [0.25, 0.3) is 0 Å². The van der Waals surface area contributed by atoms with E-state index >= 15 is 0 Å². The fourth-order valence-corrected chi connectivity index (χ4v) is 2.47. The molecule has 1 unspecified atom stereocenters. The van der Waals surface area contributed by atoms with E-state index in [0.717, 1.165) is 6.54 Å². The predicted octanol–water partition coefficient (Wildman–Crippen LogP) is 1.28. The minimum absolute atomic E-state index is 0. The van der Waals surface area contributed by atoms with Crippen LogP contribution in [0, 0.1) is 5.92 Å². The maximum Gasteiger partial charge on any atom is 0.262 e. The van der Waals surface area contributed by atoms with Gasteiger partial charge in [-0.1, -0.05) is 19.9 Å². The van der Waals surface area contributed by atoms with Crippen molar-refractivity contribution in [2.75, 3.05) is 33.4 Å². The number of rotatable bonds is 10. The average Bonchev–Trinajstić information content (AvgIpc) is 3.02. The molecule has 132 valence electrons. The largest absolute Gasteiger partial charge is 0.383 e. The van der Waals surface area contributed by atoms with E-state index in [-0.39, 0.29) is 30.1 Å². The Kier molecular flexibility index (Phi) is 11.7. The van der Waals surface area contributed by atoms with Crippen LogP contribution in [0.3, 0.4) is 0 Å². The Labute approximate surface area is 147 Å². The highest BCUT2D eigenvalue weighted by atomic mass is 35.5. The number of nitrogens with one attached hydrogen (secondary N) is 3. The highest BCUT2D eigenvalue weighted by Crippen LogP contribution is 2.10. The summed E-state index contributed by atoms with van der Waals surface area (Å²) in [6, 6.07) is 3.03. The topological polar surface area (TPSA) is 79.5 Å². The van der Waals surface area contributed by atoms with Crippen molar-refractivity contribution in [3.63, 3.8) is 0 Å². The normalized spacial score (nSPS) is 11.7. The molecule has 6 nitrogen and oxygen atoms in total. The van der Waals surface area contributed by atoms with Gasteiger partial charge in [-0.05, 0) is 17.4 Å². The molecule has 1 atom stereocenters. The zero-order valence-corrected chi connectivity index (χ0v) is 15.4. The molecule has 1 aromatic rings. The van der Waals surface area contributed by atoms with Crippen molar-refractivity contribution >= 4 is 35.6 Å². The number of thiophene rings is 1. The van der Waals surface area contributed by atoms with Gasteiger partial charge in [0.15, 0.2) is 0 Å². The first kappa shape index (κ1) is 21.9. The molecule has 0 saturated carbocycles. The Hall–Kier alpha value is -1.15. The second-order valence-corrected chi connectivity index (χ2v) is 6.15. The van der Waals surface area contributed by atoms with Crippen LogP contribution in [0.1, 0.15) is 23.5 Å². The Morgan fingerprint density at radius 2 is 2.00 bits per heavy atom. The number of amides is 2. The molecule has 23 heavy (non-hydrogen) atoms. The van der Waals surface area contributed by atoms with Gasteiger partial charge in [-0.15, -0.1) is 23.7 Å². The minimum Gasteiger partial charge on any atom is -0.383 e. The molecule has 0 aliphatic heterocycles. The second kappa shape index (κ2) is 12.3. The van der Waals surface area contributed by atoms with E-state index in [1.807, 2.05) is 25.3 Å². The van der Waals surface area contributed by atoms with Gasteiger partial charge in [0, 0.05) is 26.7 Å². The van der Waals surface area contributed by atoms with Crippen molar-refractivity contribution in [1.29, 1.82) is 0 Å². The minimum atomic E-state index is -0.534. The average molecular weight is 364 g/mol. The van der Waals surface area contributed by atoms with E-state index in [4.69, 9.17) is 4.74 Å². The first-order chi connectivity index (χ1) is 10.6. The van der Waals surface area contributed by atoms with Crippen LogP contribution in [-0.2, 0) is 9.53 Å². The van der Waals surface area contributed by atoms with Crippen LogP contribution in [0.5, 0.6) is 0 Å². The molecule has 0 saturated heterocycles. The summed E-state index contributed by atoms with van der Waals surface area (Å²) in [5.74, 6) is -0.346. The molecule has 2 amide bonds. The number of methoxy groups -OCH3 is 1. The highest BCUT2D eigenvalue weighted by molar-refractivity contribution is 7.12. The van der Waals surface area contributed by atoms with E-state index < -0.39 is 6.04 Å². The Morgan fingerprint density at radius 3 is 2.57 bits per heavy atom. The summed E-state index contributed by atoms with van der Waals surface area (Å²) in [6.07, 6.45) is 0. The number of ether oxygens (including phenoxy) is 1. The van der Waals surface area contributed by atoms with Gasteiger partial charge in [-0.3, -0.25) is 9.59 Å². The monoisotopic (exact) mass is 363 g/mol. The summed E-state index contributed by atoms with van der Waals surface area (Å²) in [6.45, 7) is 6.39. The number of carbonyl (C=O) groups excluding carboxylic acids is 2. The molecule has 0 fully saturated rings. The van der Waals surface area contributed by atoms with Crippen molar-refractivity contribution in [1.82, 2.24) is 16.0 Å². The maximum atomic E-state index is 12.2. The molecule has 8 heteroatoms. The first-order valence-electron chi connectivity index (χ1n) is 7.38. The highest BCUT2D eigenvalue weighted by Gasteiger charge is 2.24. The standard InChI is InChI=1S/C15H25N3O3S.ClH/c1-11(2)13(18-14(19)12-5-4-10-22-12)15(20)17-7-6-16-8-9-21-3;/h4-5,10-11,13,16H,6-9H2,1-3H3,(H,17,20)(H,18,19);1H. The molecule has 0 spiro atoms. The number of halogens is 1. The van der Waals surface area contributed by atoms with Crippen molar-refractivity contribution in [2.24, 2.45) is 5.92 Å². The molecular weight excluding hydrogens is 338 g/mol. The molecule has 0 radical (unpaired) electrons. The van der Waals surface area contributed by atoms with Crippen molar-refractivity contribution in [2.45, 2.75) is 19.9 Å². The lowest BCUT2D eigenvalue weighted by Crippen LogP contribution is -2.50. The lowest BCUT2D eigenvalue weighted by Gasteiger charge is -2.21. The van der Waals surface area contributed by atoms with Crippen molar-refractivity contribution in [3.8, 4) is 0 Å². The van der Waals surface area contributed by atoms with Gasteiger partial charge in [0.1, 0.15) is 6.04 Å². The number of hydrogen-bond acceptors (Lipinski definition) is 5. The molecule has 3 N–H and O–H groups in total. The van der Waals surface area contributed by atoms with Crippen LogP contribution in [0.2, 0.25) is 0 Å². The summed E-state index contributed by atoms with van der Waals surface area (Å²) in [7, 11) is 1.65. The first-order valence-corrected chi connectivity index (χ1v) is 8.26. The molecule has 1 rings (SSSR count). The van der Waals surface area contributed by atoms with Gasteiger partial charge in [-0.25, -0.2) is 0 Å².